The molecule has 0 aromatic heterocycles. The van der Waals surface area contributed by atoms with E-state index in [0.717, 1.165) is 6.07 Å². The monoisotopic (exact) mass is 450 g/mol. The number of phenols is 2. The molecule has 2 saturated heterocycles. The molecule has 178 valence electrons. The van der Waals surface area contributed by atoms with Gasteiger partial charge >= 0.3 is 0 Å². The third kappa shape index (κ3) is 4.05. The minimum absolute atomic E-state index is 0.0372. The van der Waals surface area contributed by atoms with Gasteiger partial charge < -0.3 is 29.9 Å². The van der Waals surface area contributed by atoms with Gasteiger partial charge in [0, 0.05) is 18.4 Å². The number of hydrogen-bond donors (Lipinski definition) is 4. The Hall–Kier alpha value is -2.00. The molecular formula is C24H34O8. The van der Waals surface area contributed by atoms with Crippen LogP contribution in [0.1, 0.15) is 74.6 Å². The Kier molecular flexibility index (Phi) is 7.00. The van der Waals surface area contributed by atoms with Gasteiger partial charge in [-0.25, -0.2) is 0 Å². The Bertz CT molecular complexity index is 867. The highest BCUT2D eigenvalue weighted by atomic mass is 16.7. The van der Waals surface area contributed by atoms with Crippen LogP contribution in [0, 0.1) is 17.8 Å². The number of aliphatic hydroxyl groups excluding tert-OH is 2. The van der Waals surface area contributed by atoms with Crippen LogP contribution in [0.4, 0.5) is 0 Å². The van der Waals surface area contributed by atoms with Crippen LogP contribution in [0.3, 0.4) is 0 Å². The number of rotatable bonds is 8. The lowest BCUT2D eigenvalue weighted by Crippen LogP contribution is -2.55. The number of ether oxygens (including phenoxy) is 2. The lowest BCUT2D eigenvalue weighted by molar-refractivity contribution is -0.241. The standard InChI is InChI=1S/C24H34O8/c1-6-12(5)20(17-10-18(27)24(23(30)31-17)19(7-2)32-24)22(29)14-8-13(21(28)11(3)4)15(25)9-16(14)26/h8-9,11-12,17-20,23,25-27,30H,6-7,10H2,1-5H3. The van der Waals surface area contributed by atoms with Gasteiger partial charge in [-0.2, -0.15) is 0 Å². The fraction of sp³-hybridized carbons (Fsp3) is 0.667. The molecule has 32 heavy (non-hydrogen) atoms. The minimum Gasteiger partial charge on any atom is -0.507 e. The summed E-state index contributed by atoms with van der Waals surface area (Å²) in [6.07, 6.45) is -2.20. The van der Waals surface area contributed by atoms with Crippen LogP contribution in [0.2, 0.25) is 0 Å². The SMILES string of the molecule is CCC(C)C(C(=O)c1cc(C(=O)C(C)C)c(O)cc1O)C1CC(O)C2(OC2CC)C(O)O1. The molecular weight excluding hydrogens is 416 g/mol. The number of aromatic hydroxyl groups is 2. The molecule has 1 aromatic rings. The van der Waals surface area contributed by atoms with Crippen LogP contribution in [-0.2, 0) is 9.47 Å². The van der Waals surface area contributed by atoms with Gasteiger partial charge in [0.05, 0.1) is 35.4 Å². The molecule has 1 aromatic carbocycles. The van der Waals surface area contributed by atoms with Gasteiger partial charge in [0.25, 0.3) is 0 Å². The number of benzene rings is 1. The lowest BCUT2D eigenvalue weighted by atomic mass is 9.76. The average Bonchev–Trinajstić information content (AvgIpc) is 3.47. The number of Topliss-reactive ketones (excluding diaryl/α,β-unsaturated/α-hetero) is 2. The van der Waals surface area contributed by atoms with E-state index < -0.39 is 53.2 Å². The fourth-order valence-electron chi connectivity index (χ4n) is 4.76. The van der Waals surface area contributed by atoms with E-state index in [-0.39, 0.29) is 35.4 Å². The van der Waals surface area contributed by atoms with Crippen molar-refractivity contribution in [2.75, 3.05) is 0 Å². The summed E-state index contributed by atoms with van der Waals surface area (Å²) in [5.74, 6) is -3.07. The van der Waals surface area contributed by atoms with Crippen molar-refractivity contribution < 1.29 is 39.5 Å². The second kappa shape index (κ2) is 9.09. The quantitative estimate of drug-likeness (QED) is 0.351. The van der Waals surface area contributed by atoms with Gasteiger partial charge in [-0.15, -0.1) is 0 Å². The molecule has 2 aliphatic rings. The van der Waals surface area contributed by atoms with Gasteiger partial charge in [-0.05, 0) is 18.4 Å². The molecule has 2 heterocycles. The third-order valence-electron chi connectivity index (χ3n) is 6.96. The van der Waals surface area contributed by atoms with Crippen molar-refractivity contribution in [1.82, 2.24) is 0 Å². The molecule has 0 aliphatic carbocycles. The summed E-state index contributed by atoms with van der Waals surface area (Å²) in [5, 5.41) is 41.9. The topological polar surface area (TPSA) is 137 Å². The summed E-state index contributed by atoms with van der Waals surface area (Å²) in [6.45, 7) is 9.00. The Balaban J connectivity index is 1.95. The van der Waals surface area contributed by atoms with Crippen LogP contribution in [0.25, 0.3) is 0 Å². The molecule has 0 amide bonds. The van der Waals surface area contributed by atoms with Gasteiger partial charge in [0.1, 0.15) is 11.5 Å². The zero-order valence-corrected chi connectivity index (χ0v) is 19.2. The summed E-state index contributed by atoms with van der Waals surface area (Å²) in [5.41, 5.74) is -1.30. The Morgan fingerprint density at radius 2 is 1.66 bits per heavy atom. The molecule has 0 saturated carbocycles. The normalized spacial score (nSPS) is 31.5. The zero-order chi connectivity index (χ0) is 24.0. The molecule has 7 atom stereocenters. The number of phenolic OH excluding ortho intramolecular Hbond substituents is 2. The van der Waals surface area contributed by atoms with Crippen molar-refractivity contribution in [3.63, 3.8) is 0 Å². The highest BCUT2D eigenvalue weighted by Gasteiger charge is 2.68. The van der Waals surface area contributed by atoms with E-state index in [4.69, 9.17) is 9.47 Å². The number of ketones is 2. The molecule has 0 radical (unpaired) electrons. The average molecular weight is 451 g/mol. The maximum Gasteiger partial charge on any atom is 0.189 e. The highest BCUT2D eigenvalue weighted by Crippen LogP contribution is 2.51. The largest absolute Gasteiger partial charge is 0.507 e. The van der Waals surface area contributed by atoms with E-state index in [9.17, 15) is 30.0 Å². The minimum atomic E-state index is -1.38. The summed E-state index contributed by atoms with van der Waals surface area (Å²) in [4.78, 5) is 26.1. The Morgan fingerprint density at radius 1 is 1.06 bits per heavy atom. The van der Waals surface area contributed by atoms with Crippen molar-refractivity contribution in [1.29, 1.82) is 0 Å². The first-order valence-electron chi connectivity index (χ1n) is 11.3. The maximum absolute atomic E-state index is 13.6. The lowest BCUT2D eigenvalue weighted by Gasteiger charge is -2.40. The molecule has 1 spiro atoms. The van der Waals surface area contributed by atoms with E-state index in [1.54, 1.807) is 13.8 Å². The number of epoxide rings is 1. The van der Waals surface area contributed by atoms with Crippen molar-refractivity contribution >= 4 is 11.6 Å². The van der Waals surface area contributed by atoms with E-state index in [1.165, 1.54) is 6.07 Å². The van der Waals surface area contributed by atoms with E-state index in [2.05, 4.69) is 0 Å². The zero-order valence-electron chi connectivity index (χ0n) is 19.2. The summed E-state index contributed by atoms with van der Waals surface area (Å²) >= 11 is 0. The van der Waals surface area contributed by atoms with Crippen LogP contribution in [0.15, 0.2) is 12.1 Å². The molecule has 2 aliphatic heterocycles. The van der Waals surface area contributed by atoms with Crippen LogP contribution < -0.4 is 0 Å². The fourth-order valence-corrected chi connectivity index (χ4v) is 4.76. The first kappa shape index (κ1) is 24.6. The maximum atomic E-state index is 13.6. The smallest absolute Gasteiger partial charge is 0.189 e. The molecule has 8 nitrogen and oxygen atoms in total. The summed E-state index contributed by atoms with van der Waals surface area (Å²) in [6, 6.07) is 2.22. The molecule has 7 unspecified atom stereocenters. The number of carbonyl (C=O) groups is 2. The third-order valence-corrected chi connectivity index (χ3v) is 6.96. The van der Waals surface area contributed by atoms with E-state index in [1.807, 2.05) is 20.8 Å². The van der Waals surface area contributed by atoms with Crippen molar-refractivity contribution in [3.8, 4) is 11.5 Å². The number of aliphatic hydroxyl groups is 2. The molecule has 2 fully saturated rings. The van der Waals surface area contributed by atoms with E-state index in [0.29, 0.717) is 12.8 Å². The molecule has 8 heteroatoms. The van der Waals surface area contributed by atoms with Crippen LogP contribution in [-0.4, -0.2) is 62.2 Å². The second-order valence-corrected chi connectivity index (χ2v) is 9.33. The predicted molar refractivity (Wildman–Crippen MR) is 116 cm³/mol. The predicted octanol–water partition coefficient (Wildman–Crippen LogP) is 2.80. The van der Waals surface area contributed by atoms with Gasteiger partial charge in [-0.1, -0.05) is 41.0 Å². The number of carbonyl (C=O) groups excluding carboxylic acids is 2. The molecule has 0 bridgehead atoms. The van der Waals surface area contributed by atoms with Gasteiger partial charge in [-0.3, -0.25) is 9.59 Å². The first-order valence-corrected chi connectivity index (χ1v) is 11.3. The summed E-state index contributed by atoms with van der Waals surface area (Å²) in [7, 11) is 0. The Morgan fingerprint density at radius 3 is 2.12 bits per heavy atom. The van der Waals surface area contributed by atoms with Crippen LogP contribution >= 0.6 is 0 Å². The van der Waals surface area contributed by atoms with Gasteiger partial charge in [0.15, 0.2) is 23.5 Å². The summed E-state index contributed by atoms with van der Waals surface area (Å²) < 4.78 is 11.4. The first-order chi connectivity index (χ1) is 15.0. The van der Waals surface area contributed by atoms with Crippen LogP contribution in [0.5, 0.6) is 11.5 Å². The van der Waals surface area contributed by atoms with Crippen molar-refractivity contribution in [2.24, 2.45) is 17.8 Å². The Labute approximate surface area is 188 Å². The highest BCUT2D eigenvalue weighted by molar-refractivity contribution is 6.06. The van der Waals surface area contributed by atoms with Crippen molar-refractivity contribution in [2.45, 2.75) is 84.1 Å². The van der Waals surface area contributed by atoms with Crippen molar-refractivity contribution in [3.05, 3.63) is 23.3 Å². The molecule has 4 N–H and O–H groups in total. The number of hydrogen-bond acceptors (Lipinski definition) is 8. The van der Waals surface area contributed by atoms with Gasteiger partial charge in [0.2, 0.25) is 0 Å². The van der Waals surface area contributed by atoms with E-state index >= 15 is 0 Å². The second-order valence-electron chi connectivity index (χ2n) is 9.33. The molecule has 3 rings (SSSR count).